The third kappa shape index (κ3) is 4.05. The van der Waals surface area contributed by atoms with Crippen molar-refractivity contribution < 1.29 is 18.8 Å². The van der Waals surface area contributed by atoms with Gasteiger partial charge in [-0.05, 0) is 36.4 Å². The minimum atomic E-state index is -0.468. The molecule has 3 aromatic rings. The van der Waals surface area contributed by atoms with Crippen LogP contribution in [-0.4, -0.2) is 17.6 Å². The molecule has 130 valence electrons. The summed E-state index contributed by atoms with van der Waals surface area (Å²) in [5.74, 6) is -0.792. The third-order valence-electron chi connectivity index (χ3n) is 3.55. The molecule has 0 aliphatic rings. The van der Waals surface area contributed by atoms with Gasteiger partial charge in [-0.1, -0.05) is 30.3 Å². The summed E-state index contributed by atoms with van der Waals surface area (Å²) < 4.78 is 5.39. The van der Waals surface area contributed by atoms with E-state index in [0.717, 1.165) is 0 Å². The summed E-state index contributed by atoms with van der Waals surface area (Å²) in [5.41, 5.74) is 1.66. The van der Waals surface area contributed by atoms with Crippen molar-refractivity contribution in [2.45, 2.75) is 6.92 Å². The summed E-state index contributed by atoms with van der Waals surface area (Å²) >= 11 is 0. The minimum absolute atomic E-state index is 0.0372. The molecule has 3 rings (SSSR count). The fourth-order valence-electron chi connectivity index (χ4n) is 2.35. The zero-order valence-electron chi connectivity index (χ0n) is 14.0. The lowest BCUT2D eigenvalue weighted by atomic mass is 10.1. The molecule has 0 unspecified atom stereocenters. The Kier molecular flexibility index (Phi) is 4.94. The molecule has 26 heavy (non-hydrogen) atoms. The van der Waals surface area contributed by atoms with Crippen molar-refractivity contribution in [1.82, 2.24) is 0 Å². The van der Waals surface area contributed by atoms with Crippen LogP contribution in [0.4, 0.5) is 11.4 Å². The highest BCUT2D eigenvalue weighted by molar-refractivity contribution is 6.08. The molecule has 2 aromatic carbocycles. The van der Waals surface area contributed by atoms with Crippen LogP contribution in [0.3, 0.4) is 0 Å². The first kappa shape index (κ1) is 17.2. The zero-order chi connectivity index (χ0) is 18.5. The quantitative estimate of drug-likeness (QED) is 0.688. The second-order valence-corrected chi connectivity index (χ2v) is 5.57. The maximum Gasteiger partial charge on any atom is 0.291 e. The molecule has 0 saturated carbocycles. The average Bonchev–Trinajstić information content (AvgIpc) is 3.13. The predicted octanol–water partition coefficient (Wildman–Crippen LogP) is 3.72. The Bertz CT molecular complexity index is 943. The van der Waals surface area contributed by atoms with Gasteiger partial charge in [-0.25, -0.2) is 0 Å². The molecular weight excluding hydrogens is 332 g/mol. The number of amides is 2. The number of benzene rings is 2. The monoisotopic (exact) mass is 348 g/mol. The van der Waals surface area contributed by atoms with Gasteiger partial charge in [0.05, 0.1) is 0 Å². The molecule has 2 N–H and O–H groups in total. The van der Waals surface area contributed by atoms with E-state index >= 15 is 0 Å². The van der Waals surface area contributed by atoms with Gasteiger partial charge in [0.15, 0.2) is 11.5 Å². The van der Waals surface area contributed by atoms with Gasteiger partial charge in [-0.3, -0.25) is 14.4 Å². The first-order valence-corrected chi connectivity index (χ1v) is 7.91. The van der Waals surface area contributed by atoms with Crippen molar-refractivity contribution in [2.24, 2.45) is 0 Å². The van der Waals surface area contributed by atoms with E-state index in [9.17, 15) is 14.4 Å². The summed E-state index contributed by atoms with van der Waals surface area (Å²) in [6, 6.07) is 18.3. The van der Waals surface area contributed by atoms with Crippen molar-refractivity contribution >= 4 is 29.0 Å². The third-order valence-corrected chi connectivity index (χ3v) is 3.55. The Hall–Kier alpha value is -3.67. The van der Waals surface area contributed by atoms with Crippen LogP contribution in [0.5, 0.6) is 0 Å². The molecule has 6 nitrogen and oxygen atoms in total. The number of carbonyl (C=O) groups is 3. The molecule has 0 fully saturated rings. The fraction of sp³-hybridized carbons (Fsp3) is 0.0500. The molecule has 1 aromatic heterocycles. The van der Waals surface area contributed by atoms with Gasteiger partial charge in [0, 0.05) is 23.9 Å². The van der Waals surface area contributed by atoms with E-state index in [4.69, 9.17) is 4.42 Å². The van der Waals surface area contributed by atoms with Crippen LogP contribution in [0.2, 0.25) is 0 Å². The molecule has 0 spiro atoms. The Labute approximate surface area is 149 Å². The lowest BCUT2D eigenvalue weighted by Crippen LogP contribution is -2.11. The SMILES string of the molecule is CC(=O)Nc1ccc(NC(=O)c2ccc(C(=O)c3ccccc3)o2)cc1. The molecule has 1 heterocycles. The van der Waals surface area contributed by atoms with Gasteiger partial charge in [0.1, 0.15) is 0 Å². The van der Waals surface area contributed by atoms with Gasteiger partial charge in [-0.2, -0.15) is 0 Å². The Balaban J connectivity index is 1.68. The van der Waals surface area contributed by atoms with Crippen LogP contribution in [0.25, 0.3) is 0 Å². The maximum absolute atomic E-state index is 12.3. The summed E-state index contributed by atoms with van der Waals surface area (Å²) in [4.78, 5) is 35.6. The number of furan rings is 1. The highest BCUT2D eigenvalue weighted by atomic mass is 16.4. The number of ketones is 1. The Morgan fingerprint density at radius 3 is 1.92 bits per heavy atom. The van der Waals surface area contributed by atoms with Gasteiger partial charge in [-0.15, -0.1) is 0 Å². The standard InChI is InChI=1S/C20H16N2O4/c1-13(23)21-15-7-9-16(10-8-15)22-20(25)18-12-11-17(26-18)19(24)14-5-3-2-4-6-14/h2-12H,1H3,(H,21,23)(H,22,25). The summed E-state index contributed by atoms with van der Waals surface area (Å²) in [5, 5.41) is 5.31. The topological polar surface area (TPSA) is 88.4 Å². The molecule has 0 saturated heterocycles. The highest BCUT2D eigenvalue weighted by Crippen LogP contribution is 2.17. The number of carbonyl (C=O) groups excluding carboxylic acids is 3. The van der Waals surface area contributed by atoms with Crippen molar-refractivity contribution in [1.29, 1.82) is 0 Å². The van der Waals surface area contributed by atoms with Gasteiger partial charge in [0.2, 0.25) is 11.7 Å². The van der Waals surface area contributed by atoms with E-state index < -0.39 is 5.91 Å². The van der Waals surface area contributed by atoms with Gasteiger partial charge in [0.25, 0.3) is 5.91 Å². The summed E-state index contributed by atoms with van der Waals surface area (Å²) in [6.07, 6.45) is 0. The van der Waals surface area contributed by atoms with E-state index in [2.05, 4.69) is 10.6 Å². The first-order chi connectivity index (χ1) is 12.5. The smallest absolute Gasteiger partial charge is 0.291 e. The number of hydrogen-bond acceptors (Lipinski definition) is 4. The number of rotatable bonds is 5. The zero-order valence-corrected chi connectivity index (χ0v) is 14.0. The van der Waals surface area contributed by atoms with Crippen LogP contribution in [0.15, 0.2) is 71.1 Å². The van der Waals surface area contributed by atoms with Crippen LogP contribution in [0, 0.1) is 0 Å². The largest absolute Gasteiger partial charge is 0.447 e. The molecule has 6 heteroatoms. The van der Waals surface area contributed by atoms with Gasteiger partial charge < -0.3 is 15.1 Å². The second-order valence-electron chi connectivity index (χ2n) is 5.57. The predicted molar refractivity (Wildman–Crippen MR) is 97.3 cm³/mol. The summed E-state index contributed by atoms with van der Waals surface area (Å²) in [7, 11) is 0. The van der Waals surface area contributed by atoms with E-state index in [-0.39, 0.29) is 23.2 Å². The molecular formula is C20H16N2O4. The van der Waals surface area contributed by atoms with Crippen LogP contribution >= 0.6 is 0 Å². The van der Waals surface area contributed by atoms with Crippen LogP contribution in [0.1, 0.15) is 33.6 Å². The van der Waals surface area contributed by atoms with E-state index in [1.165, 1.54) is 19.1 Å². The average molecular weight is 348 g/mol. The number of hydrogen-bond donors (Lipinski definition) is 2. The highest BCUT2D eigenvalue weighted by Gasteiger charge is 2.17. The molecule has 2 amide bonds. The molecule has 0 aliphatic carbocycles. The van der Waals surface area contributed by atoms with Crippen molar-refractivity contribution in [3.63, 3.8) is 0 Å². The van der Waals surface area contributed by atoms with Crippen molar-refractivity contribution in [3.8, 4) is 0 Å². The Morgan fingerprint density at radius 2 is 1.31 bits per heavy atom. The van der Waals surface area contributed by atoms with E-state index in [1.807, 2.05) is 6.07 Å². The fourth-order valence-corrected chi connectivity index (χ4v) is 2.35. The van der Waals surface area contributed by atoms with Crippen molar-refractivity contribution in [2.75, 3.05) is 10.6 Å². The lowest BCUT2D eigenvalue weighted by Gasteiger charge is -2.05. The first-order valence-electron chi connectivity index (χ1n) is 7.91. The number of nitrogens with one attached hydrogen (secondary N) is 2. The molecule has 0 radical (unpaired) electrons. The number of anilines is 2. The summed E-state index contributed by atoms with van der Waals surface area (Å²) in [6.45, 7) is 1.42. The molecule has 0 bridgehead atoms. The van der Waals surface area contributed by atoms with Crippen LogP contribution < -0.4 is 10.6 Å². The van der Waals surface area contributed by atoms with Gasteiger partial charge >= 0.3 is 0 Å². The van der Waals surface area contributed by atoms with E-state index in [0.29, 0.717) is 16.9 Å². The second kappa shape index (κ2) is 7.48. The maximum atomic E-state index is 12.3. The normalized spacial score (nSPS) is 10.2. The molecule has 0 aliphatic heterocycles. The minimum Gasteiger partial charge on any atom is -0.447 e. The molecule has 0 atom stereocenters. The Morgan fingerprint density at radius 1 is 0.731 bits per heavy atom. The lowest BCUT2D eigenvalue weighted by molar-refractivity contribution is -0.114. The van der Waals surface area contributed by atoms with E-state index in [1.54, 1.807) is 48.5 Å². The van der Waals surface area contributed by atoms with Crippen LogP contribution in [-0.2, 0) is 4.79 Å². The van der Waals surface area contributed by atoms with Crippen molar-refractivity contribution in [3.05, 3.63) is 83.8 Å².